The van der Waals surface area contributed by atoms with Crippen LogP contribution in [0.5, 0.6) is 5.75 Å². The molecule has 1 heterocycles. The van der Waals surface area contributed by atoms with Crippen LogP contribution in [0.3, 0.4) is 0 Å². The molecule has 7 atom stereocenters. The Hall–Kier alpha value is -1.25. The predicted molar refractivity (Wildman–Crippen MR) is 112 cm³/mol. The van der Waals surface area contributed by atoms with Crippen molar-refractivity contribution in [2.24, 2.45) is 41.5 Å². The molecule has 4 aliphatic carbocycles. The zero-order chi connectivity index (χ0) is 19.7. The van der Waals surface area contributed by atoms with E-state index < -0.39 is 0 Å². The van der Waals surface area contributed by atoms with E-state index in [0.29, 0.717) is 16.7 Å². The van der Waals surface area contributed by atoms with Gasteiger partial charge < -0.3 is 9.67 Å². The molecule has 0 radical (unpaired) electrons. The average molecular weight is 384 g/mol. The summed E-state index contributed by atoms with van der Waals surface area (Å²) in [5.41, 5.74) is 1.96. The Morgan fingerprint density at radius 1 is 1.04 bits per heavy atom. The van der Waals surface area contributed by atoms with Gasteiger partial charge in [0.15, 0.2) is 0 Å². The maximum Gasteiger partial charge on any atom is 0.254 e. The minimum atomic E-state index is -0.0804. The lowest BCUT2D eigenvalue weighted by Gasteiger charge is -2.60. The number of aromatic nitrogens is 1. The predicted octanol–water partition coefficient (Wildman–Crippen LogP) is 5.61. The number of fused-ring (bicyclic) bond motifs is 5. The van der Waals surface area contributed by atoms with Gasteiger partial charge in [0.1, 0.15) is 5.75 Å². The molecule has 1 aromatic heterocycles. The molecule has 0 amide bonds. The molecule has 0 saturated heterocycles. The van der Waals surface area contributed by atoms with E-state index in [0.717, 1.165) is 29.4 Å². The van der Waals surface area contributed by atoms with Gasteiger partial charge in [0.2, 0.25) is 0 Å². The van der Waals surface area contributed by atoms with Gasteiger partial charge in [-0.15, -0.1) is 0 Å². The summed E-state index contributed by atoms with van der Waals surface area (Å²) in [6.45, 7) is 5.17. The monoisotopic (exact) mass is 383 g/mol. The third-order valence-electron chi connectivity index (χ3n) is 10.1. The minimum absolute atomic E-state index is 0.0804. The summed E-state index contributed by atoms with van der Waals surface area (Å²) in [7, 11) is 1.87. The van der Waals surface area contributed by atoms with Gasteiger partial charge in [-0.05, 0) is 91.9 Å². The highest BCUT2D eigenvalue weighted by molar-refractivity contribution is 5.26. The van der Waals surface area contributed by atoms with Crippen molar-refractivity contribution >= 4 is 0 Å². The van der Waals surface area contributed by atoms with E-state index >= 15 is 0 Å². The molecule has 3 nitrogen and oxygen atoms in total. The zero-order valence-corrected chi connectivity index (χ0v) is 17.9. The number of nitrogens with zero attached hydrogens (tertiary/aromatic N) is 1. The number of aromatic hydroxyl groups is 1. The van der Waals surface area contributed by atoms with Crippen LogP contribution in [0.4, 0.5) is 0 Å². The van der Waals surface area contributed by atoms with Gasteiger partial charge in [-0.25, -0.2) is 0 Å². The van der Waals surface area contributed by atoms with Gasteiger partial charge in [-0.1, -0.05) is 26.7 Å². The Bertz CT molecular complexity index is 828. The Balaban J connectivity index is 1.46. The lowest BCUT2D eigenvalue weighted by molar-refractivity contribution is -0.103. The number of hydrogen-bond acceptors (Lipinski definition) is 2. The van der Waals surface area contributed by atoms with Crippen molar-refractivity contribution in [1.82, 2.24) is 4.57 Å². The van der Waals surface area contributed by atoms with Gasteiger partial charge in [0.05, 0.1) is 0 Å². The summed E-state index contributed by atoms with van der Waals surface area (Å²) < 4.78 is 1.78. The summed E-state index contributed by atoms with van der Waals surface area (Å²) in [6.07, 6.45) is 13.8. The highest BCUT2D eigenvalue weighted by Crippen LogP contribution is 2.67. The van der Waals surface area contributed by atoms with Gasteiger partial charge in [0, 0.05) is 24.7 Å². The minimum Gasteiger partial charge on any atom is -0.508 e. The standard InChI is InChI=1S/C25H37NO2/c1-24-11-9-20-19(8-7-17-6-4-5-10-25(17,20)2)21(24)12-16(15-24)22-13-18(27)14-23(28)26(22)3/h13-14,16-17,19-21,27H,4-12,15H2,1-3H3/t16?,17?,19-,20-,21+,24-,25+/m1/s1. The van der Waals surface area contributed by atoms with E-state index in [4.69, 9.17) is 0 Å². The van der Waals surface area contributed by atoms with Crippen LogP contribution in [-0.4, -0.2) is 9.67 Å². The molecule has 1 aromatic rings. The molecule has 154 valence electrons. The third kappa shape index (κ3) is 2.64. The van der Waals surface area contributed by atoms with E-state index in [-0.39, 0.29) is 11.3 Å². The second kappa shape index (κ2) is 6.37. The van der Waals surface area contributed by atoms with Crippen LogP contribution < -0.4 is 5.56 Å². The topological polar surface area (TPSA) is 42.2 Å². The molecule has 3 heteroatoms. The first kappa shape index (κ1) is 18.8. The summed E-state index contributed by atoms with van der Waals surface area (Å²) in [4.78, 5) is 12.2. The first-order valence-corrected chi connectivity index (χ1v) is 11.7. The molecule has 4 fully saturated rings. The summed E-state index contributed by atoms with van der Waals surface area (Å²) in [5, 5.41) is 10.0. The molecule has 4 aliphatic rings. The van der Waals surface area contributed by atoms with Crippen LogP contribution in [-0.2, 0) is 7.05 Å². The molecule has 0 aromatic carbocycles. The largest absolute Gasteiger partial charge is 0.508 e. The normalized spacial score (nSPS) is 45.2. The van der Waals surface area contributed by atoms with Crippen LogP contribution >= 0.6 is 0 Å². The molecule has 2 unspecified atom stereocenters. The van der Waals surface area contributed by atoms with E-state index in [9.17, 15) is 9.90 Å². The van der Waals surface area contributed by atoms with Gasteiger partial charge in [-0.3, -0.25) is 4.79 Å². The van der Waals surface area contributed by atoms with Crippen molar-refractivity contribution in [3.8, 4) is 5.75 Å². The fourth-order valence-electron chi connectivity index (χ4n) is 8.61. The third-order valence-corrected chi connectivity index (χ3v) is 10.1. The average Bonchev–Trinajstić information content (AvgIpc) is 3.01. The number of pyridine rings is 1. The fourth-order valence-corrected chi connectivity index (χ4v) is 8.61. The van der Waals surface area contributed by atoms with Crippen LogP contribution in [0.2, 0.25) is 0 Å². The fraction of sp³-hybridized carbons (Fsp3) is 0.800. The Morgan fingerprint density at radius 2 is 1.86 bits per heavy atom. The van der Waals surface area contributed by atoms with Crippen molar-refractivity contribution in [3.63, 3.8) is 0 Å². The van der Waals surface area contributed by atoms with E-state index in [1.54, 1.807) is 4.57 Å². The van der Waals surface area contributed by atoms with Crippen molar-refractivity contribution < 1.29 is 5.11 Å². The highest BCUT2D eigenvalue weighted by Gasteiger charge is 2.58. The number of hydrogen-bond donors (Lipinski definition) is 1. The zero-order valence-electron chi connectivity index (χ0n) is 17.9. The molecular formula is C25H37NO2. The Morgan fingerprint density at radius 3 is 2.68 bits per heavy atom. The van der Waals surface area contributed by atoms with Crippen molar-refractivity contribution in [2.45, 2.75) is 84.0 Å². The van der Waals surface area contributed by atoms with Crippen LogP contribution in [0.15, 0.2) is 16.9 Å². The quantitative estimate of drug-likeness (QED) is 0.685. The molecule has 28 heavy (non-hydrogen) atoms. The first-order valence-electron chi connectivity index (χ1n) is 11.7. The second-order valence-corrected chi connectivity index (χ2v) is 11.3. The molecule has 4 saturated carbocycles. The van der Waals surface area contributed by atoms with Crippen molar-refractivity contribution in [3.05, 3.63) is 28.2 Å². The molecule has 5 rings (SSSR count). The first-order chi connectivity index (χ1) is 13.3. The lowest BCUT2D eigenvalue weighted by atomic mass is 9.45. The lowest BCUT2D eigenvalue weighted by Crippen LogP contribution is -2.51. The Kier molecular flexibility index (Phi) is 4.27. The van der Waals surface area contributed by atoms with Gasteiger partial charge in [-0.2, -0.15) is 0 Å². The summed E-state index contributed by atoms with van der Waals surface area (Å²) >= 11 is 0. The van der Waals surface area contributed by atoms with Gasteiger partial charge in [0.25, 0.3) is 5.56 Å². The van der Waals surface area contributed by atoms with Crippen LogP contribution in [0.1, 0.15) is 89.7 Å². The second-order valence-electron chi connectivity index (χ2n) is 11.3. The summed E-state index contributed by atoms with van der Waals surface area (Å²) in [5.74, 6) is 4.08. The molecule has 0 aliphatic heterocycles. The highest BCUT2D eigenvalue weighted by atomic mass is 16.3. The maximum absolute atomic E-state index is 12.2. The van der Waals surface area contributed by atoms with Crippen LogP contribution in [0.25, 0.3) is 0 Å². The SMILES string of the molecule is Cn1c(C2C[C@H]3[C@@H]4CCC5CCCC[C@]5(C)[C@@H]4CC[C@]3(C)C2)cc(O)cc1=O. The van der Waals surface area contributed by atoms with E-state index in [1.165, 1.54) is 70.3 Å². The molecule has 0 bridgehead atoms. The maximum atomic E-state index is 12.2. The molecule has 0 spiro atoms. The number of rotatable bonds is 1. The molecule has 1 N–H and O–H groups in total. The van der Waals surface area contributed by atoms with E-state index in [2.05, 4.69) is 13.8 Å². The molecular weight excluding hydrogens is 346 g/mol. The smallest absolute Gasteiger partial charge is 0.254 e. The van der Waals surface area contributed by atoms with Gasteiger partial charge >= 0.3 is 0 Å². The summed E-state index contributed by atoms with van der Waals surface area (Å²) in [6, 6.07) is 3.19. The van der Waals surface area contributed by atoms with Crippen molar-refractivity contribution in [2.75, 3.05) is 0 Å². The Labute approximate surface area is 169 Å². The van der Waals surface area contributed by atoms with Crippen LogP contribution in [0, 0.1) is 34.5 Å². The van der Waals surface area contributed by atoms with Crippen molar-refractivity contribution in [1.29, 1.82) is 0 Å². The van der Waals surface area contributed by atoms with E-state index in [1.807, 2.05) is 13.1 Å².